The molecular formula is C17H25NO2. The molecule has 3 nitrogen and oxygen atoms in total. The number of carbonyl (C=O) groups is 1. The highest BCUT2D eigenvalue weighted by molar-refractivity contribution is 5.76. The van der Waals surface area contributed by atoms with Crippen LogP contribution in [0.15, 0.2) is 30.3 Å². The lowest BCUT2D eigenvalue weighted by atomic mass is 9.91. The molecular weight excluding hydrogens is 250 g/mol. The van der Waals surface area contributed by atoms with Crippen molar-refractivity contribution in [3.8, 4) is 0 Å². The lowest BCUT2D eigenvalue weighted by Gasteiger charge is -2.35. The summed E-state index contributed by atoms with van der Waals surface area (Å²) in [5.41, 5.74) is 1.28. The maximum absolute atomic E-state index is 12.2. The van der Waals surface area contributed by atoms with Gasteiger partial charge in [0.1, 0.15) is 0 Å². The van der Waals surface area contributed by atoms with Gasteiger partial charge in [-0.2, -0.15) is 0 Å². The number of hydrogen-bond acceptors (Lipinski definition) is 2. The summed E-state index contributed by atoms with van der Waals surface area (Å²) in [6, 6.07) is 10.3. The number of likely N-dealkylation sites (N-methyl/N-ethyl adjacent to an activating group) is 1. The van der Waals surface area contributed by atoms with Crippen molar-refractivity contribution in [3.05, 3.63) is 35.9 Å². The van der Waals surface area contributed by atoms with Gasteiger partial charge in [0.2, 0.25) is 5.91 Å². The summed E-state index contributed by atoms with van der Waals surface area (Å²) in [5.74, 6) is 0.159. The van der Waals surface area contributed by atoms with Crippen LogP contribution in [0.4, 0.5) is 0 Å². The van der Waals surface area contributed by atoms with E-state index in [1.165, 1.54) is 5.56 Å². The van der Waals surface area contributed by atoms with E-state index >= 15 is 0 Å². The number of aryl methyl sites for hydroxylation is 1. The minimum Gasteiger partial charge on any atom is -0.391 e. The predicted molar refractivity (Wildman–Crippen MR) is 80.4 cm³/mol. The summed E-state index contributed by atoms with van der Waals surface area (Å²) < 4.78 is 0. The van der Waals surface area contributed by atoms with Gasteiger partial charge in [-0.25, -0.2) is 0 Å². The Bertz CT molecular complexity index is 418. The van der Waals surface area contributed by atoms with Gasteiger partial charge in [0.15, 0.2) is 0 Å². The summed E-state index contributed by atoms with van der Waals surface area (Å²) in [5, 5.41) is 10.00. The molecule has 0 aliphatic heterocycles. The SMILES string of the molecule is CN(C(=O)CCCc1ccccc1)C1CCCCC1O. The monoisotopic (exact) mass is 275 g/mol. The summed E-state index contributed by atoms with van der Waals surface area (Å²) in [7, 11) is 1.84. The number of benzene rings is 1. The Morgan fingerprint density at radius 2 is 1.95 bits per heavy atom. The predicted octanol–water partition coefficient (Wildman–Crippen LogP) is 2.77. The molecule has 1 aliphatic carbocycles. The van der Waals surface area contributed by atoms with E-state index in [9.17, 15) is 9.90 Å². The van der Waals surface area contributed by atoms with Crippen LogP contribution in [0, 0.1) is 0 Å². The summed E-state index contributed by atoms with van der Waals surface area (Å²) in [4.78, 5) is 14.0. The van der Waals surface area contributed by atoms with Gasteiger partial charge in [0.25, 0.3) is 0 Å². The molecule has 0 radical (unpaired) electrons. The van der Waals surface area contributed by atoms with Crippen molar-refractivity contribution in [3.63, 3.8) is 0 Å². The smallest absolute Gasteiger partial charge is 0.222 e. The van der Waals surface area contributed by atoms with Gasteiger partial charge >= 0.3 is 0 Å². The fourth-order valence-electron chi connectivity index (χ4n) is 2.99. The highest BCUT2D eigenvalue weighted by atomic mass is 16.3. The van der Waals surface area contributed by atoms with Gasteiger partial charge < -0.3 is 10.0 Å². The van der Waals surface area contributed by atoms with E-state index in [2.05, 4.69) is 12.1 Å². The maximum atomic E-state index is 12.2. The Morgan fingerprint density at radius 3 is 2.65 bits per heavy atom. The zero-order chi connectivity index (χ0) is 14.4. The highest BCUT2D eigenvalue weighted by Crippen LogP contribution is 2.23. The first kappa shape index (κ1) is 15.0. The highest BCUT2D eigenvalue weighted by Gasteiger charge is 2.28. The average Bonchev–Trinajstić information content (AvgIpc) is 2.48. The second-order valence-electron chi connectivity index (χ2n) is 5.76. The van der Waals surface area contributed by atoms with Gasteiger partial charge in [-0.3, -0.25) is 4.79 Å². The van der Waals surface area contributed by atoms with Crippen molar-refractivity contribution in [2.75, 3.05) is 7.05 Å². The van der Waals surface area contributed by atoms with Crippen molar-refractivity contribution < 1.29 is 9.90 Å². The Hall–Kier alpha value is -1.35. The molecule has 1 fully saturated rings. The van der Waals surface area contributed by atoms with Gasteiger partial charge in [0, 0.05) is 13.5 Å². The van der Waals surface area contributed by atoms with Gasteiger partial charge in [-0.15, -0.1) is 0 Å². The number of aliphatic hydroxyl groups is 1. The molecule has 1 saturated carbocycles. The van der Waals surface area contributed by atoms with Gasteiger partial charge in [0.05, 0.1) is 12.1 Å². The Morgan fingerprint density at radius 1 is 1.25 bits per heavy atom. The zero-order valence-electron chi connectivity index (χ0n) is 12.3. The number of rotatable bonds is 5. The number of carbonyl (C=O) groups excluding carboxylic acids is 1. The number of amides is 1. The lowest BCUT2D eigenvalue weighted by molar-refractivity contribution is -0.135. The molecule has 1 aromatic carbocycles. The lowest BCUT2D eigenvalue weighted by Crippen LogP contribution is -2.46. The van der Waals surface area contributed by atoms with E-state index < -0.39 is 0 Å². The van der Waals surface area contributed by atoms with Crippen molar-refractivity contribution in [1.82, 2.24) is 4.90 Å². The molecule has 1 amide bonds. The molecule has 0 bridgehead atoms. The third-order valence-corrected chi connectivity index (χ3v) is 4.28. The van der Waals surface area contributed by atoms with Crippen LogP contribution >= 0.6 is 0 Å². The minimum atomic E-state index is -0.341. The minimum absolute atomic E-state index is 0.0213. The first-order valence-electron chi connectivity index (χ1n) is 7.66. The zero-order valence-corrected chi connectivity index (χ0v) is 12.3. The van der Waals surface area contributed by atoms with E-state index in [4.69, 9.17) is 0 Å². The fraction of sp³-hybridized carbons (Fsp3) is 0.588. The molecule has 2 unspecified atom stereocenters. The van der Waals surface area contributed by atoms with Crippen LogP contribution in [0.1, 0.15) is 44.1 Å². The van der Waals surface area contributed by atoms with Crippen LogP contribution in [0.2, 0.25) is 0 Å². The molecule has 3 heteroatoms. The van der Waals surface area contributed by atoms with E-state index in [0.717, 1.165) is 38.5 Å². The molecule has 2 rings (SSSR count). The van der Waals surface area contributed by atoms with Crippen LogP contribution in [-0.2, 0) is 11.2 Å². The fourth-order valence-corrected chi connectivity index (χ4v) is 2.99. The molecule has 110 valence electrons. The average molecular weight is 275 g/mol. The van der Waals surface area contributed by atoms with E-state index in [1.54, 1.807) is 4.90 Å². The maximum Gasteiger partial charge on any atom is 0.222 e. The topological polar surface area (TPSA) is 40.5 Å². The number of hydrogen-bond donors (Lipinski definition) is 1. The first-order chi connectivity index (χ1) is 9.68. The summed E-state index contributed by atoms with van der Waals surface area (Å²) in [6.07, 6.45) is 5.98. The standard InChI is InChI=1S/C17H25NO2/c1-18(15-11-5-6-12-16(15)19)17(20)13-7-10-14-8-3-2-4-9-14/h2-4,8-9,15-16,19H,5-7,10-13H2,1H3. The van der Waals surface area contributed by atoms with Crippen LogP contribution in [0.5, 0.6) is 0 Å². The quantitative estimate of drug-likeness (QED) is 0.897. The van der Waals surface area contributed by atoms with Crippen LogP contribution in [-0.4, -0.2) is 35.1 Å². The third-order valence-electron chi connectivity index (χ3n) is 4.28. The molecule has 2 atom stereocenters. The largest absolute Gasteiger partial charge is 0.391 e. The Balaban J connectivity index is 1.76. The Kier molecular flexibility index (Phi) is 5.60. The van der Waals surface area contributed by atoms with Gasteiger partial charge in [-0.1, -0.05) is 43.2 Å². The molecule has 0 saturated heterocycles. The number of aliphatic hydroxyl groups excluding tert-OH is 1. The first-order valence-corrected chi connectivity index (χ1v) is 7.66. The third kappa shape index (κ3) is 4.07. The van der Waals surface area contributed by atoms with Crippen molar-refractivity contribution in [2.45, 2.75) is 57.1 Å². The van der Waals surface area contributed by atoms with Crippen molar-refractivity contribution in [2.24, 2.45) is 0 Å². The number of nitrogens with zero attached hydrogens (tertiary/aromatic N) is 1. The normalized spacial score (nSPS) is 22.5. The molecule has 1 N–H and O–H groups in total. The summed E-state index contributed by atoms with van der Waals surface area (Å²) in [6.45, 7) is 0. The van der Waals surface area contributed by atoms with E-state index in [1.807, 2.05) is 25.2 Å². The van der Waals surface area contributed by atoms with Crippen molar-refractivity contribution >= 4 is 5.91 Å². The summed E-state index contributed by atoms with van der Waals surface area (Å²) >= 11 is 0. The second kappa shape index (κ2) is 7.44. The van der Waals surface area contributed by atoms with E-state index in [0.29, 0.717) is 6.42 Å². The van der Waals surface area contributed by atoms with Crippen LogP contribution in [0.3, 0.4) is 0 Å². The van der Waals surface area contributed by atoms with Crippen LogP contribution < -0.4 is 0 Å². The molecule has 0 spiro atoms. The molecule has 1 aliphatic rings. The van der Waals surface area contributed by atoms with E-state index in [-0.39, 0.29) is 18.1 Å². The molecule has 0 aromatic heterocycles. The molecule has 20 heavy (non-hydrogen) atoms. The Labute approximate surface area is 121 Å². The molecule has 1 aromatic rings. The van der Waals surface area contributed by atoms with Gasteiger partial charge in [-0.05, 0) is 31.2 Å². The van der Waals surface area contributed by atoms with Crippen molar-refractivity contribution in [1.29, 1.82) is 0 Å². The second-order valence-corrected chi connectivity index (χ2v) is 5.76. The molecule has 0 heterocycles. The van der Waals surface area contributed by atoms with Crippen LogP contribution in [0.25, 0.3) is 0 Å².